The third-order valence-electron chi connectivity index (χ3n) is 4.35. The first-order valence-corrected chi connectivity index (χ1v) is 8.13. The van der Waals surface area contributed by atoms with Crippen molar-refractivity contribution < 1.29 is 4.42 Å². The number of para-hydroxylation sites is 1. The minimum atomic E-state index is 0.738. The Labute approximate surface area is 135 Å². The number of aromatic nitrogens is 2. The molecule has 1 fully saturated rings. The topological polar surface area (TPSA) is 57.4 Å². The molecule has 23 heavy (non-hydrogen) atoms. The number of benzene rings is 1. The summed E-state index contributed by atoms with van der Waals surface area (Å²) in [6, 6.07) is 8.01. The van der Waals surface area contributed by atoms with Crippen LogP contribution in [0.5, 0.6) is 0 Å². The monoisotopic (exact) mass is 311 g/mol. The molecule has 6 heteroatoms. The van der Waals surface area contributed by atoms with Crippen LogP contribution in [-0.2, 0) is 6.42 Å². The summed E-state index contributed by atoms with van der Waals surface area (Å²) in [6.07, 6.45) is 0.798. The second-order valence-corrected chi connectivity index (χ2v) is 6.02. The minimum absolute atomic E-state index is 0.738. The lowest BCUT2D eigenvalue weighted by atomic mass is 10.2. The number of hydrogen-bond donors (Lipinski definition) is 1. The van der Waals surface area contributed by atoms with E-state index >= 15 is 0 Å². The first kappa shape index (κ1) is 14.4. The van der Waals surface area contributed by atoms with Gasteiger partial charge < -0.3 is 9.32 Å². The molecule has 2 aromatic heterocycles. The summed E-state index contributed by atoms with van der Waals surface area (Å²) in [7, 11) is 2.15. The van der Waals surface area contributed by atoms with Crippen molar-refractivity contribution in [3.05, 3.63) is 30.1 Å². The van der Waals surface area contributed by atoms with Crippen molar-refractivity contribution in [2.24, 2.45) is 0 Å². The summed E-state index contributed by atoms with van der Waals surface area (Å²) in [5, 5.41) is 3.25. The number of piperazine rings is 1. The zero-order valence-electron chi connectivity index (χ0n) is 13.5. The second-order valence-electron chi connectivity index (χ2n) is 6.02. The summed E-state index contributed by atoms with van der Waals surface area (Å²) >= 11 is 0. The lowest BCUT2D eigenvalue weighted by Gasteiger charge is -2.32. The fourth-order valence-corrected chi connectivity index (χ4v) is 2.94. The van der Waals surface area contributed by atoms with Crippen molar-refractivity contribution in [3.63, 3.8) is 0 Å². The normalized spacial score (nSPS) is 17.1. The molecule has 0 amide bonds. The van der Waals surface area contributed by atoms with E-state index in [4.69, 9.17) is 4.42 Å². The first-order chi connectivity index (χ1) is 11.2. The molecule has 1 aliphatic rings. The third-order valence-corrected chi connectivity index (χ3v) is 4.35. The Bertz CT molecular complexity index is 835. The largest absolute Gasteiger partial charge is 0.450 e. The van der Waals surface area contributed by atoms with Gasteiger partial charge in [0.25, 0.3) is 0 Å². The highest BCUT2D eigenvalue weighted by Gasteiger charge is 2.19. The quantitative estimate of drug-likeness (QED) is 0.802. The molecule has 6 nitrogen and oxygen atoms in total. The van der Waals surface area contributed by atoms with E-state index in [0.717, 1.165) is 66.3 Å². The molecular formula is C17H21N5O. The van der Waals surface area contributed by atoms with Crippen molar-refractivity contribution in [2.45, 2.75) is 13.3 Å². The van der Waals surface area contributed by atoms with Crippen LogP contribution < -0.4 is 5.43 Å². The van der Waals surface area contributed by atoms with Crippen LogP contribution in [0.25, 0.3) is 22.1 Å². The molecule has 0 unspecified atom stereocenters. The van der Waals surface area contributed by atoms with Gasteiger partial charge in [-0.05, 0) is 19.2 Å². The molecule has 1 aromatic carbocycles. The lowest BCUT2D eigenvalue weighted by Crippen LogP contribution is -2.47. The van der Waals surface area contributed by atoms with Crippen LogP contribution in [0, 0.1) is 0 Å². The number of anilines is 1. The first-order valence-electron chi connectivity index (χ1n) is 8.13. The molecule has 3 aromatic rings. The Kier molecular flexibility index (Phi) is 3.63. The lowest BCUT2D eigenvalue weighted by molar-refractivity contribution is 0.178. The van der Waals surface area contributed by atoms with Crippen LogP contribution in [0.15, 0.2) is 28.7 Å². The molecule has 0 spiro atoms. The molecular weight excluding hydrogens is 290 g/mol. The molecule has 0 saturated carbocycles. The number of nitrogens with zero attached hydrogens (tertiary/aromatic N) is 4. The summed E-state index contributed by atoms with van der Waals surface area (Å²) in [4.78, 5) is 11.7. The van der Waals surface area contributed by atoms with E-state index in [9.17, 15) is 0 Å². The highest BCUT2D eigenvalue weighted by atomic mass is 16.3. The van der Waals surface area contributed by atoms with Gasteiger partial charge in [0.2, 0.25) is 0 Å². The van der Waals surface area contributed by atoms with E-state index < -0.39 is 0 Å². The molecule has 0 aliphatic carbocycles. The maximum absolute atomic E-state index is 6.02. The maximum Gasteiger partial charge on any atom is 0.197 e. The van der Waals surface area contributed by atoms with Gasteiger partial charge in [0.05, 0.1) is 0 Å². The molecule has 0 atom stereocenters. The van der Waals surface area contributed by atoms with E-state index in [-0.39, 0.29) is 0 Å². The molecule has 4 rings (SSSR count). The van der Waals surface area contributed by atoms with Crippen molar-refractivity contribution in [1.82, 2.24) is 19.9 Å². The van der Waals surface area contributed by atoms with Crippen LogP contribution in [0.4, 0.5) is 5.82 Å². The number of rotatable bonds is 3. The zero-order valence-corrected chi connectivity index (χ0v) is 13.5. The number of furan rings is 1. The van der Waals surface area contributed by atoms with Crippen molar-refractivity contribution in [2.75, 3.05) is 38.7 Å². The Morgan fingerprint density at radius 2 is 1.91 bits per heavy atom. The Morgan fingerprint density at radius 3 is 2.70 bits per heavy atom. The van der Waals surface area contributed by atoms with Crippen molar-refractivity contribution >= 4 is 27.9 Å². The fraction of sp³-hybridized carbons (Fsp3) is 0.412. The smallest absolute Gasteiger partial charge is 0.197 e. The third kappa shape index (κ3) is 2.64. The summed E-state index contributed by atoms with van der Waals surface area (Å²) < 4.78 is 6.02. The standard InChI is InChI=1S/C17H21N5O/c1-3-14-18-15-12-6-4-5-7-13(12)23-16(15)17(19-14)20-22-10-8-21(2)9-11-22/h4-7H,3,8-11H2,1-2H3,(H,18,19,20). The van der Waals surface area contributed by atoms with Gasteiger partial charge in [-0.3, -0.25) is 5.43 Å². The average molecular weight is 311 g/mol. The maximum atomic E-state index is 6.02. The van der Waals surface area contributed by atoms with Crippen LogP contribution in [-0.4, -0.2) is 53.1 Å². The SMILES string of the molecule is CCc1nc(NN2CCN(C)CC2)c2oc3ccccc3c2n1. The Balaban J connectivity index is 1.78. The van der Waals surface area contributed by atoms with Crippen molar-refractivity contribution in [3.8, 4) is 0 Å². The highest BCUT2D eigenvalue weighted by molar-refractivity contribution is 6.05. The van der Waals surface area contributed by atoms with E-state index in [1.54, 1.807) is 0 Å². The zero-order chi connectivity index (χ0) is 15.8. The Hall–Kier alpha value is -2.18. The number of aryl methyl sites for hydroxylation is 1. The number of hydrazine groups is 1. The van der Waals surface area contributed by atoms with E-state index in [2.05, 4.69) is 39.3 Å². The Morgan fingerprint density at radius 1 is 1.13 bits per heavy atom. The fourth-order valence-electron chi connectivity index (χ4n) is 2.94. The van der Waals surface area contributed by atoms with Crippen LogP contribution in [0.2, 0.25) is 0 Å². The van der Waals surface area contributed by atoms with Gasteiger partial charge in [0.15, 0.2) is 11.4 Å². The number of fused-ring (bicyclic) bond motifs is 3. The van der Waals surface area contributed by atoms with Gasteiger partial charge in [-0.15, -0.1) is 0 Å². The van der Waals surface area contributed by atoms with Crippen LogP contribution in [0.1, 0.15) is 12.7 Å². The molecule has 1 saturated heterocycles. The van der Waals surface area contributed by atoms with Gasteiger partial charge in [-0.2, -0.15) is 0 Å². The van der Waals surface area contributed by atoms with Gasteiger partial charge in [-0.1, -0.05) is 19.1 Å². The predicted molar refractivity (Wildman–Crippen MR) is 91.4 cm³/mol. The molecule has 120 valence electrons. The minimum Gasteiger partial charge on any atom is -0.450 e. The van der Waals surface area contributed by atoms with Gasteiger partial charge in [-0.25, -0.2) is 15.0 Å². The highest BCUT2D eigenvalue weighted by Crippen LogP contribution is 2.31. The summed E-state index contributed by atoms with van der Waals surface area (Å²) in [5.41, 5.74) is 5.93. The van der Waals surface area contributed by atoms with Crippen molar-refractivity contribution in [1.29, 1.82) is 0 Å². The van der Waals surface area contributed by atoms with E-state index in [1.165, 1.54) is 0 Å². The molecule has 1 aliphatic heterocycles. The summed E-state index contributed by atoms with van der Waals surface area (Å²) in [5.74, 6) is 1.60. The molecule has 3 heterocycles. The van der Waals surface area contributed by atoms with Gasteiger partial charge in [0, 0.05) is 38.0 Å². The number of hydrogen-bond acceptors (Lipinski definition) is 6. The summed E-state index contributed by atoms with van der Waals surface area (Å²) in [6.45, 7) is 6.08. The second kappa shape index (κ2) is 5.79. The van der Waals surface area contributed by atoms with Gasteiger partial charge >= 0.3 is 0 Å². The van der Waals surface area contributed by atoms with E-state index in [0.29, 0.717) is 0 Å². The number of likely N-dealkylation sites (N-methyl/N-ethyl adjacent to an activating group) is 1. The van der Waals surface area contributed by atoms with Crippen LogP contribution >= 0.6 is 0 Å². The van der Waals surface area contributed by atoms with Gasteiger partial charge in [0.1, 0.15) is 16.9 Å². The molecule has 0 radical (unpaired) electrons. The molecule has 0 bridgehead atoms. The van der Waals surface area contributed by atoms with E-state index in [1.807, 2.05) is 24.3 Å². The molecule has 1 N–H and O–H groups in total. The number of nitrogens with one attached hydrogen (secondary N) is 1. The predicted octanol–water partition coefficient (Wildman–Crippen LogP) is 2.51. The average Bonchev–Trinajstić information content (AvgIpc) is 2.96. The van der Waals surface area contributed by atoms with Crippen LogP contribution in [0.3, 0.4) is 0 Å².